The van der Waals surface area contributed by atoms with E-state index in [4.69, 9.17) is 9.72 Å². The number of aromatic nitrogens is 4. The van der Waals surface area contributed by atoms with Crippen LogP contribution in [0.2, 0.25) is 0 Å². The van der Waals surface area contributed by atoms with Crippen LogP contribution in [0, 0.1) is 17.6 Å². The summed E-state index contributed by atoms with van der Waals surface area (Å²) in [6.45, 7) is 6.29. The number of morpholine rings is 1. The Bertz CT molecular complexity index is 2670. The zero-order valence-electron chi connectivity index (χ0n) is 35.0. The van der Waals surface area contributed by atoms with E-state index in [1.807, 2.05) is 26.7 Å². The Morgan fingerprint density at radius 3 is 2.38 bits per heavy atom. The maximum Gasteiger partial charge on any atom is 0.262 e. The maximum absolute atomic E-state index is 15.4. The molecule has 330 valence electrons. The number of para-hydroxylation sites is 1. The van der Waals surface area contributed by atoms with Gasteiger partial charge in [-0.15, -0.1) is 0 Å². The summed E-state index contributed by atoms with van der Waals surface area (Å²) in [4.78, 5) is 80.2. The van der Waals surface area contributed by atoms with Gasteiger partial charge in [0.25, 0.3) is 11.8 Å². The third-order valence-corrected chi connectivity index (χ3v) is 13.1. The van der Waals surface area contributed by atoms with E-state index in [0.29, 0.717) is 99.1 Å². The Balaban J connectivity index is 0.704. The molecule has 0 bridgehead atoms. The Labute approximate surface area is 366 Å². The van der Waals surface area contributed by atoms with E-state index in [0.717, 1.165) is 23.3 Å². The molecule has 2 N–H and O–H groups in total. The summed E-state index contributed by atoms with van der Waals surface area (Å²) in [6.07, 6.45) is 7.02. The first-order chi connectivity index (χ1) is 31.1. The van der Waals surface area contributed by atoms with Crippen LogP contribution in [0.1, 0.15) is 58.0 Å². The van der Waals surface area contributed by atoms with E-state index >= 15 is 8.78 Å². The molecule has 7 heterocycles. The number of benzene rings is 3. The highest BCUT2D eigenvalue weighted by molar-refractivity contribution is 6.23. The molecule has 5 aliphatic heterocycles. The molecule has 16 nitrogen and oxygen atoms in total. The number of imide groups is 2. The number of nitrogens with one attached hydrogen (secondary N) is 2. The number of rotatable bonds is 11. The van der Waals surface area contributed by atoms with Gasteiger partial charge in [0.05, 0.1) is 65.4 Å². The minimum absolute atomic E-state index is 0.0381. The second-order valence-corrected chi connectivity index (χ2v) is 17.1. The molecule has 1 atom stereocenters. The molecule has 64 heavy (non-hydrogen) atoms. The molecular weight excluding hydrogens is 827 g/mol. The van der Waals surface area contributed by atoms with Crippen LogP contribution in [0.3, 0.4) is 0 Å². The average Bonchev–Trinajstić information content (AvgIpc) is 3.88. The maximum atomic E-state index is 15.4. The zero-order valence-corrected chi connectivity index (χ0v) is 35.0. The molecule has 2 aromatic heterocycles. The number of likely N-dealkylation sites (tertiary alicyclic amines) is 2. The van der Waals surface area contributed by atoms with Gasteiger partial charge in [0.15, 0.2) is 0 Å². The van der Waals surface area contributed by atoms with Gasteiger partial charge in [0.1, 0.15) is 17.7 Å². The van der Waals surface area contributed by atoms with Crippen molar-refractivity contribution in [1.29, 1.82) is 0 Å². The molecule has 10 rings (SSSR count). The molecule has 0 spiro atoms. The van der Waals surface area contributed by atoms with Crippen molar-refractivity contribution in [2.24, 2.45) is 5.92 Å². The molecule has 0 aliphatic carbocycles. The highest BCUT2D eigenvalue weighted by Crippen LogP contribution is 2.33. The summed E-state index contributed by atoms with van der Waals surface area (Å²) in [5.41, 5.74) is 4.60. The molecule has 5 aromatic rings. The van der Waals surface area contributed by atoms with Gasteiger partial charge >= 0.3 is 0 Å². The van der Waals surface area contributed by atoms with Crippen LogP contribution in [-0.4, -0.2) is 140 Å². The van der Waals surface area contributed by atoms with Crippen molar-refractivity contribution in [3.8, 4) is 22.4 Å². The predicted octanol–water partition coefficient (Wildman–Crippen LogP) is 3.88. The number of hydrogen-bond acceptors (Lipinski definition) is 12. The van der Waals surface area contributed by atoms with Crippen LogP contribution in [0.25, 0.3) is 33.4 Å². The van der Waals surface area contributed by atoms with Crippen LogP contribution in [0.5, 0.6) is 0 Å². The molecular formula is C46H46F2N10O6. The van der Waals surface area contributed by atoms with Crippen LogP contribution >= 0.6 is 0 Å². The topological polar surface area (TPSA) is 175 Å². The monoisotopic (exact) mass is 872 g/mol. The lowest BCUT2D eigenvalue weighted by molar-refractivity contribution is -0.142. The third-order valence-electron chi connectivity index (χ3n) is 13.1. The lowest BCUT2D eigenvalue weighted by atomic mass is 9.96. The third kappa shape index (κ3) is 8.01. The summed E-state index contributed by atoms with van der Waals surface area (Å²) >= 11 is 0. The van der Waals surface area contributed by atoms with Crippen molar-refractivity contribution < 1.29 is 37.5 Å². The summed E-state index contributed by atoms with van der Waals surface area (Å²) < 4.78 is 38.1. The van der Waals surface area contributed by atoms with Crippen molar-refractivity contribution >= 4 is 46.3 Å². The number of fused-ring (bicyclic) bond motifs is 2. The number of nitrogens with zero attached hydrogens (tertiary/aromatic N) is 8. The zero-order chi connectivity index (χ0) is 44.1. The second-order valence-electron chi connectivity index (χ2n) is 17.1. The molecule has 0 radical (unpaired) electrons. The molecule has 5 amide bonds. The Kier molecular flexibility index (Phi) is 11.2. The first kappa shape index (κ1) is 41.5. The van der Waals surface area contributed by atoms with Gasteiger partial charge in [0.2, 0.25) is 17.7 Å². The summed E-state index contributed by atoms with van der Waals surface area (Å²) in [7, 11) is 0. The highest BCUT2D eigenvalue weighted by atomic mass is 19.1. The van der Waals surface area contributed by atoms with Crippen LogP contribution in [0.4, 0.5) is 14.5 Å². The highest BCUT2D eigenvalue weighted by Gasteiger charge is 2.45. The van der Waals surface area contributed by atoms with Gasteiger partial charge in [-0.25, -0.2) is 13.8 Å². The number of piperidine rings is 2. The minimum atomic E-state index is -1.01. The smallest absolute Gasteiger partial charge is 0.262 e. The van der Waals surface area contributed by atoms with Crippen LogP contribution in [0.15, 0.2) is 67.1 Å². The molecule has 1 unspecified atom stereocenters. The normalized spacial score (nSPS) is 20.2. The summed E-state index contributed by atoms with van der Waals surface area (Å²) in [5.74, 6) is -3.29. The van der Waals surface area contributed by atoms with E-state index < -0.39 is 41.3 Å². The van der Waals surface area contributed by atoms with Gasteiger partial charge in [-0.3, -0.25) is 53.7 Å². The fourth-order valence-corrected chi connectivity index (χ4v) is 9.42. The molecule has 18 heteroatoms. The van der Waals surface area contributed by atoms with E-state index in [2.05, 4.69) is 25.6 Å². The van der Waals surface area contributed by atoms with E-state index in [1.54, 1.807) is 42.7 Å². The Morgan fingerprint density at radius 1 is 0.844 bits per heavy atom. The average molecular weight is 873 g/mol. The predicted molar refractivity (Wildman–Crippen MR) is 229 cm³/mol. The van der Waals surface area contributed by atoms with E-state index in [1.165, 1.54) is 12.1 Å². The van der Waals surface area contributed by atoms with Gasteiger partial charge in [-0.05, 0) is 61.2 Å². The summed E-state index contributed by atoms with van der Waals surface area (Å²) in [6, 6.07) is 12.2. The number of ether oxygens (including phenoxy) is 1. The number of carbonyl (C=O) groups is 5. The van der Waals surface area contributed by atoms with E-state index in [-0.39, 0.29) is 53.9 Å². The van der Waals surface area contributed by atoms with Gasteiger partial charge < -0.3 is 15.0 Å². The Hall–Kier alpha value is -6.50. The van der Waals surface area contributed by atoms with Gasteiger partial charge in [0, 0.05) is 93.9 Å². The molecule has 4 saturated heterocycles. The SMILES string of the molecule is O=C1CCC(N2C(=O)c3ccc(NCCN4CC(C(=O)N5CCC(n6cc(-c7cnc8cccc(-c9cc(F)c(CN%10CCOCC%10)c(F)c9)c8n7)cn6)CC5)C4)cc3C2=O)C(=O)N1. The van der Waals surface area contributed by atoms with Crippen LogP contribution < -0.4 is 10.6 Å². The van der Waals surface area contributed by atoms with Gasteiger partial charge in [-0.2, -0.15) is 5.10 Å². The fraction of sp³-hybridized carbons (Fsp3) is 0.391. The molecule has 3 aromatic carbocycles. The van der Waals surface area contributed by atoms with Crippen molar-refractivity contribution in [3.05, 3.63) is 95.4 Å². The largest absolute Gasteiger partial charge is 0.384 e. The van der Waals surface area contributed by atoms with Crippen molar-refractivity contribution in [3.63, 3.8) is 0 Å². The number of hydrogen-bond donors (Lipinski definition) is 2. The first-order valence-electron chi connectivity index (χ1n) is 21.8. The van der Waals surface area contributed by atoms with Gasteiger partial charge in [-0.1, -0.05) is 12.1 Å². The first-order valence-corrected chi connectivity index (χ1v) is 21.8. The fourth-order valence-electron chi connectivity index (χ4n) is 9.42. The van der Waals surface area contributed by atoms with Crippen LogP contribution in [-0.2, 0) is 25.7 Å². The molecule has 5 aliphatic rings. The standard InChI is InChI=1S/C46H46F2N10O6/c47-36-18-27(19-37(48)35(36)26-54-14-16-64-17-15-54)32-2-1-3-38-42(32)52-39(22-50-38)28-21-51-57(25-28)31-8-11-56(12-9-31)44(61)29-23-55(24-29)13-10-49-30-4-5-33-34(20-30)46(63)58(45(33)62)40-6-7-41(59)53-43(40)60/h1-5,18-22,25,29,31,40,49H,6-17,23-24,26H2,(H,53,59,60). The number of carbonyl (C=O) groups excluding carboxylic acids is 5. The molecule has 4 fully saturated rings. The van der Waals surface area contributed by atoms with Crippen molar-refractivity contribution in [2.75, 3.05) is 70.9 Å². The lowest BCUT2D eigenvalue weighted by Gasteiger charge is -2.42. The van der Waals surface area contributed by atoms with Crippen molar-refractivity contribution in [1.82, 2.24) is 44.7 Å². The number of halogens is 2. The minimum Gasteiger partial charge on any atom is -0.384 e. The number of anilines is 1. The Morgan fingerprint density at radius 2 is 1.61 bits per heavy atom. The van der Waals surface area contributed by atoms with Crippen molar-refractivity contribution in [2.45, 2.75) is 44.3 Å². The lowest BCUT2D eigenvalue weighted by Crippen LogP contribution is -2.56. The molecule has 0 saturated carbocycles. The van der Waals surface area contributed by atoms with E-state index in [9.17, 15) is 24.0 Å². The number of amides is 5. The second kappa shape index (κ2) is 17.2. The quantitative estimate of drug-likeness (QED) is 0.184. The summed E-state index contributed by atoms with van der Waals surface area (Å²) in [5, 5.41) is 10.2.